The normalized spacial score (nSPS) is 12.3. The fourth-order valence-corrected chi connectivity index (χ4v) is 4.16. The lowest BCUT2D eigenvalue weighted by atomic mass is 10.1. The van der Waals surface area contributed by atoms with Gasteiger partial charge in [-0.3, -0.25) is 4.79 Å². The van der Waals surface area contributed by atoms with E-state index in [1.165, 1.54) is 12.1 Å². The van der Waals surface area contributed by atoms with Crippen molar-refractivity contribution in [1.82, 2.24) is 4.72 Å². The molecule has 0 fully saturated rings. The minimum Gasteiger partial charge on any atom is -0.325 e. The number of nitrogens with one attached hydrogen (secondary N) is 2. The van der Waals surface area contributed by atoms with E-state index in [9.17, 15) is 17.6 Å². The molecule has 0 bridgehead atoms. The van der Waals surface area contributed by atoms with Gasteiger partial charge in [-0.2, -0.15) is 4.72 Å². The third-order valence-corrected chi connectivity index (χ3v) is 6.14. The summed E-state index contributed by atoms with van der Waals surface area (Å²) in [6, 6.07) is 19.9. The molecule has 0 radical (unpaired) electrons. The van der Waals surface area contributed by atoms with E-state index >= 15 is 0 Å². The maximum atomic E-state index is 13.2. The lowest BCUT2D eigenvalue weighted by molar-refractivity contribution is -0.117. The van der Waals surface area contributed by atoms with E-state index in [4.69, 9.17) is 0 Å². The molecule has 5 nitrogen and oxygen atoms in total. The topological polar surface area (TPSA) is 75.3 Å². The Kier molecular flexibility index (Phi) is 6.97. The van der Waals surface area contributed by atoms with Gasteiger partial charge in [-0.25, -0.2) is 12.8 Å². The highest BCUT2D eigenvalue weighted by molar-refractivity contribution is 7.89. The zero-order valence-corrected chi connectivity index (χ0v) is 17.3. The highest BCUT2D eigenvalue weighted by atomic mass is 32.2. The van der Waals surface area contributed by atoms with E-state index < -0.39 is 27.8 Å². The van der Waals surface area contributed by atoms with Crippen LogP contribution in [-0.4, -0.2) is 20.4 Å². The second-order valence-electron chi connectivity index (χ2n) is 6.86. The molecule has 0 aromatic heterocycles. The first-order chi connectivity index (χ1) is 14.4. The Hall–Kier alpha value is -3.03. The third-order valence-electron chi connectivity index (χ3n) is 4.65. The molecule has 0 aliphatic heterocycles. The van der Waals surface area contributed by atoms with Crippen LogP contribution < -0.4 is 10.0 Å². The smallest absolute Gasteiger partial charge is 0.242 e. The number of hydrogen-bond acceptors (Lipinski definition) is 3. The molecular formula is C23H23FN2O3S. The summed E-state index contributed by atoms with van der Waals surface area (Å²) in [4.78, 5) is 12.8. The summed E-state index contributed by atoms with van der Waals surface area (Å²) in [5.41, 5.74) is 2.52. The van der Waals surface area contributed by atoms with Crippen LogP contribution in [0, 0.1) is 5.82 Å². The summed E-state index contributed by atoms with van der Waals surface area (Å²) in [6.45, 7) is 2.04. The minimum absolute atomic E-state index is 0.109. The highest BCUT2D eigenvalue weighted by Crippen LogP contribution is 2.15. The monoisotopic (exact) mass is 426 g/mol. The molecule has 3 rings (SSSR count). The van der Waals surface area contributed by atoms with Crippen LogP contribution in [-0.2, 0) is 27.7 Å². The molecule has 3 aromatic carbocycles. The molecule has 0 saturated carbocycles. The first-order valence-corrected chi connectivity index (χ1v) is 11.1. The molecule has 1 atom stereocenters. The van der Waals surface area contributed by atoms with Gasteiger partial charge in [-0.05, 0) is 60.4 Å². The van der Waals surface area contributed by atoms with Crippen molar-refractivity contribution in [2.24, 2.45) is 0 Å². The predicted molar refractivity (Wildman–Crippen MR) is 115 cm³/mol. The highest BCUT2D eigenvalue weighted by Gasteiger charge is 2.26. The van der Waals surface area contributed by atoms with Crippen molar-refractivity contribution < 1.29 is 17.6 Å². The summed E-state index contributed by atoms with van der Waals surface area (Å²) < 4.78 is 41.2. The van der Waals surface area contributed by atoms with Crippen LogP contribution in [0.25, 0.3) is 0 Å². The fraction of sp³-hybridized carbons (Fsp3) is 0.174. The Bertz CT molecular complexity index is 1080. The summed E-state index contributed by atoms with van der Waals surface area (Å²) in [6.07, 6.45) is 1.04. The molecular weight excluding hydrogens is 403 g/mol. The Labute approximate surface area is 176 Å². The van der Waals surface area contributed by atoms with Crippen LogP contribution in [0.5, 0.6) is 0 Å². The van der Waals surface area contributed by atoms with E-state index in [2.05, 4.69) is 10.0 Å². The average Bonchev–Trinajstić information content (AvgIpc) is 2.74. The summed E-state index contributed by atoms with van der Waals surface area (Å²) in [7, 11) is -4.02. The molecule has 0 saturated heterocycles. The van der Waals surface area contributed by atoms with Gasteiger partial charge in [0.1, 0.15) is 11.9 Å². The van der Waals surface area contributed by atoms with Crippen molar-refractivity contribution in [3.05, 3.63) is 95.8 Å². The largest absolute Gasteiger partial charge is 0.325 e. The summed E-state index contributed by atoms with van der Waals surface area (Å²) in [5.74, 6) is -1.02. The zero-order chi connectivity index (χ0) is 21.6. The number of benzene rings is 3. The standard InChI is InChI=1S/C23H23FN2O3S/c1-2-17-8-12-20(13-9-17)25-23(27)22(16-18-6-4-3-5-7-18)26-30(28,29)21-14-10-19(24)11-15-21/h3-15,22,26H,2,16H2,1H3,(H,25,27)/t22-/m0/s1. The second-order valence-corrected chi connectivity index (χ2v) is 8.57. The molecule has 0 aliphatic rings. The van der Waals surface area contributed by atoms with Crippen molar-refractivity contribution in [3.63, 3.8) is 0 Å². The number of hydrogen-bond donors (Lipinski definition) is 2. The van der Waals surface area contributed by atoms with Crippen molar-refractivity contribution in [2.75, 3.05) is 5.32 Å². The van der Waals surface area contributed by atoms with Gasteiger partial charge in [-0.15, -0.1) is 0 Å². The number of rotatable bonds is 8. The Balaban J connectivity index is 1.83. The SMILES string of the molecule is CCc1ccc(NC(=O)[C@H](Cc2ccccc2)NS(=O)(=O)c2ccc(F)cc2)cc1. The number of halogens is 1. The average molecular weight is 427 g/mol. The molecule has 7 heteroatoms. The van der Waals surface area contributed by atoms with Crippen molar-refractivity contribution in [1.29, 1.82) is 0 Å². The van der Waals surface area contributed by atoms with Gasteiger partial charge in [0.25, 0.3) is 0 Å². The van der Waals surface area contributed by atoms with Gasteiger partial charge < -0.3 is 5.32 Å². The van der Waals surface area contributed by atoms with Crippen LogP contribution in [0.1, 0.15) is 18.1 Å². The molecule has 156 valence electrons. The van der Waals surface area contributed by atoms with Crippen LogP contribution in [0.2, 0.25) is 0 Å². The number of sulfonamides is 1. The minimum atomic E-state index is -4.02. The summed E-state index contributed by atoms with van der Waals surface area (Å²) >= 11 is 0. The number of anilines is 1. The third kappa shape index (κ3) is 5.75. The maximum Gasteiger partial charge on any atom is 0.242 e. The Morgan fingerprint density at radius 3 is 2.13 bits per heavy atom. The quantitative estimate of drug-likeness (QED) is 0.573. The lowest BCUT2D eigenvalue weighted by Gasteiger charge is -2.19. The second kappa shape index (κ2) is 9.65. The summed E-state index contributed by atoms with van der Waals surface area (Å²) in [5, 5.41) is 2.77. The van der Waals surface area contributed by atoms with Crippen LogP contribution in [0.3, 0.4) is 0 Å². The number of amides is 1. The van der Waals surface area contributed by atoms with Crippen molar-refractivity contribution in [2.45, 2.75) is 30.7 Å². The van der Waals surface area contributed by atoms with Gasteiger partial charge in [0.2, 0.25) is 15.9 Å². The maximum absolute atomic E-state index is 13.2. The predicted octanol–water partition coefficient (Wildman–Crippen LogP) is 3.92. The van der Waals surface area contributed by atoms with Gasteiger partial charge in [0.05, 0.1) is 4.90 Å². The zero-order valence-electron chi connectivity index (χ0n) is 16.5. The van der Waals surface area contributed by atoms with E-state index in [0.29, 0.717) is 5.69 Å². The molecule has 30 heavy (non-hydrogen) atoms. The lowest BCUT2D eigenvalue weighted by Crippen LogP contribution is -2.45. The van der Waals surface area contributed by atoms with Gasteiger partial charge in [-0.1, -0.05) is 49.4 Å². The Morgan fingerprint density at radius 2 is 1.53 bits per heavy atom. The number of aryl methyl sites for hydroxylation is 1. The van der Waals surface area contributed by atoms with Gasteiger partial charge in [0.15, 0.2) is 0 Å². The Morgan fingerprint density at radius 1 is 0.900 bits per heavy atom. The molecule has 0 spiro atoms. The first kappa shape index (κ1) is 21.7. The molecule has 0 unspecified atom stereocenters. The molecule has 0 aliphatic carbocycles. The van der Waals surface area contributed by atoms with Gasteiger partial charge in [0, 0.05) is 5.69 Å². The van der Waals surface area contributed by atoms with E-state index in [1.807, 2.05) is 49.4 Å². The molecule has 1 amide bonds. The van der Waals surface area contributed by atoms with Crippen molar-refractivity contribution >= 4 is 21.6 Å². The van der Waals surface area contributed by atoms with Crippen LogP contribution in [0.4, 0.5) is 10.1 Å². The first-order valence-electron chi connectivity index (χ1n) is 9.59. The molecule has 2 N–H and O–H groups in total. The number of carbonyl (C=O) groups is 1. The van der Waals surface area contributed by atoms with E-state index in [1.54, 1.807) is 12.1 Å². The van der Waals surface area contributed by atoms with E-state index in [-0.39, 0.29) is 11.3 Å². The van der Waals surface area contributed by atoms with Crippen LogP contribution >= 0.6 is 0 Å². The van der Waals surface area contributed by atoms with Crippen LogP contribution in [0.15, 0.2) is 83.8 Å². The van der Waals surface area contributed by atoms with Crippen molar-refractivity contribution in [3.8, 4) is 0 Å². The fourth-order valence-electron chi connectivity index (χ4n) is 2.96. The molecule has 3 aromatic rings. The number of carbonyl (C=O) groups excluding carboxylic acids is 1. The van der Waals surface area contributed by atoms with E-state index in [0.717, 1.165) is 29.7 Å². The van der Waals surface area contributed by atoms with Gasteiger partial charge >= 0.3 is 0 Å². The molecule has 0 heterocycles.